The molecule has 0 bridgehead atoms. The SMILES string of the molecule is COCCN1CCC[C@@]2(CCN(c3cc(C4CC4)ncn3)C2)C1=O. The summed E-state index contributed by atoms with van der Waals surface area (Å²) in [6.45, 7) is 3.88. The van der Waals surface area contributed by atoms with Crippen LogP contribution in [0.1, 0.15) is 43.7 Å². The van der Waals surface area contributed by atoms with Crippen LogP contribution < -0.4 is 4.90 Å². The lowest BCUT2D eigenvalue weighted by molar-refractivity contribution is -0.145. The number of methoxy groups -OCH3 is 1. The molecule has 0 radical (unpaired) electrons. The Hall–Kier alpha value is -1.69. The predicted octanol–water partition coefficient (Wildman–Crippen LogP) is 1.82. The van der Waals surface area contributed by atoms with Crippen molar-refractivity contribution in [3.8, 4) is 0 Å². The standard InChI is InChI=1S/C18H26N4O2/c1-24-10-9-21-7-2-5-18(17(21)23)6-8-22(12-18)16-11-15(14-3-4-14)19-13-20-16/h11,13-14H,2-10,12H2,1H3/t18-/m0/s1. The van der Waals surface area contributed by atoms with Crippen molar-refractivity contribution in [2.75, 3.05) is 44.8 Å². The van der Waals surface area contributed by atoms with Gasteiger partial charge in [-0.25, -0.2) is 9.97 Å². The van der Waals surface area contributed by atoms with Crippen LogP contribution in [0, 0.1) is 5.41 Å². The van der Waals surface area contributed by atoms with Gasteiger partial charge in [0.15, 0.2) is 0 Å². The van der Waals surface area contributed by atoms with Crippen molar-refractivity contribution in [3.63, 3.8) is 0 Å². The molecule has 0 N–H and O–H groups in total. The zero-order valence-corrected chi connectivity index (χ0v) is 14.4. The molecule has 1 aromatic rings. The molecule has 2 saturated heterocycles. The van der Waals surface area contributed by atoms with Gasteiger partial charge in [-0.05, 0) is 32.1 Å². The molecule has 130 valence electrons. The number of ether oxygens (including phenoxy) is 1. The Morgan fingerprint density at radius 2 is 2.17 bits per heavy atom. The summed E-state index contributed by atoms with van der Waals surface area (Å²) >= 11 is 0. The van der Waals surface area contributed by atoms with E-state index in [2.05, 4.69) is 20.9 Å². The van der Waals surface area contributed by atoms with Gasteiger partial charge in [0.2, 0.25) is 5.91 Å². The molecule has 6 heteroatoms. The third-order valence-corrected chi connectivity index (χ3v) is 5.74. The van der Waals surface area contributed by atoms with Crippen LogP contribution in [0.4, 0.5) is 5.82 Å². The Morgan fingerprint density at radius 1 is 1.29 bits per heavy atom. The van der Waals surface area contributed by atoms with Gasteiger partial charge in [0.1, 0.15) is 12.1 Å². The molecule has 1 atom stereocenters. The molecule has 2 aliphatic heterocycles. The van der Waals surface area contributed by atoms with Gasteiger partial charge in [0, 0.05) is 51.0 Å². The molecule has 3 heterocycles. The van der Waals surface area contributed by atoms with Crippen LogP contribution in [0.3, 0.4) is 0 Å². The Balaban J connectivity index is 1.48. The number of carbonyl (C=O) groups is 1. The maximum atomic E-state index is 13.0. The molecule has 1 spiro atoms. The molecule has 1 aliphatic carbocycles. The third kappa shape index (κ3) is 2.88. The van der Waals surface area contributed by atoms with E-state index in [4.69, 9.17) is 4.74 Å². The number of aromatic nitrogens is 2. The molecule has 4 rings (SSSR count). The van der Waals surface area contributed by atoms with Gasteiger partial charge in [-0.1, -0.05) is 0 Å². The number of hydrogen-bond donors (Lipinski definition) is 0. The van der Waals surface area contributed by atoms with Gasteiger partial charge in [-0.3, -0.25) is 4.79 Å². The summed E-state index contributed by atoms with van der Waals surface area (Å²) in [4.78, 5) is 26.2. The molecular formula is C18H26N4O2. The largest absolute Gasteiger partial charge is 0.383 e. The smallest absolute Gasteiger partial charge is 0.230 e. The molecule has 1 saturated carbocycles. The van der Waals surface area contributed by atoms with Crippen LogP contribution in [-0.2, 0) is 9.53 Å². The van der Waals surface area contributed by atoms with E-state index in [0.717, 1.165) is 50.4 Å². The summed E-state index contributed by atoms with van der Waals surface area (Å²) in [6, 6.07) is 2.13. The van der Waals surface area contributed by atoms with Gasteiger partial charge in [-0.15, -0.1) is 0 Å². The maximum absolute atomic E-state index is 13.0. The second-order valence-electron chi connectivity index (χ2n) is 7.42. The van der Waals surface area contributed by atoms with E-state index < -0.39 is 0 Å². The van der Waals surface area contributed by atoms with Gasteiger partial charge in [0.25, 0.3) is 0 Å². The van der Waals surface area contributed by atoms with Gasteiger partial charge in [0.05, 0.1) is 12.0 Å². The Morgan fingerprint density at radius 3 is 2.96 bits per heavy atom. The summed E-state index contributed by atoms with van der Waals surface area (Å²) in [6.07, 6.45) is 7.17. The molecular weight excluding hydrogens is 304 g/mol. The van der Waals surface area contributed by atoms with Crippen molar-refractivity contribution < 1.29 is 9.53 Å². The highest BCUT2D eigenvalue weighted by Crippen LogP contribution is 2.43. The third-order valence-electron chi connectivity index (χ3n) is 5.74. The molecule has 6 nitrogen and oxygen atoms in total. The summed E-state index contributed by atoms with van der Waals surface area (Å²) in [5, 5.41) is 0. The molecule has 0 unspecified atom stereocenters. The van der Waals surface area contributed by atoms with Crippen LogP contribution >= 0.6 is 0 Å². The number of rotatable bonds is 5. The van der Waals surface area contributed by atoms with Crippen LogP contribution in [0.5, 0.6) is 0 Å². The summed E-state index contributed by atoms with van der Waals surface area (Å²) in [5.74, 6) is 1.93. The average molecular weight is 330 g/mol. The lowest BCUT2D eigenvalue weighted by Gasteiger charge is -2.39. The first-order valence-corrected chi connectivity index (χ1v) is 9.07. The quantitative estimate of drug-likeness (QED) is 0.824. The Bertz CT molecular complexity index is 619. The van der Waals surface area contributed by atoms with Crippen molar-refractivity contribution in [3.05, 3.63) is 18.1 Å². The van der Waals surface area contributed by atoms with E-state index in [0.29, 0.717) is 25.0 Å². The summed E-state index contributed by atoms with van der Waals surface area (Å²) in [7, 11) is 1.69. The van der Waals surface area contributed by atoms with Crippen molar-refractivity contribution in [1.29, 1.82) is 0 Å². The minimum atomic E-state index is -0.226. The second-order valence-corrected chi connectivity index (χ2v) is 7.42. The monoisotopic (exact) mass is 330 g/mol. The highest BCUT2D eigenvalue weighted by molar-refractivity contribution is 5.85. The highest BCUT2D eigenvalue weighted by atomic mass is 16.5. The number of anilines is 1. The van der Waals surface area contributed by atoms with Crippen molar-refractivity contribution in [2.45, 2.75) is 38.0 Å². The molecule has 0 aromatic carbocycles. The molecule has 1 amide bonds. The van der Waals surface area contributed by atoms with E-state index in [-0.39, 0.29) is 5.41 Å². The van der Waals surface area contributed by atoms with E-state index in [1.54, 1.807) is 13.4 Å². The minimum Gasteiger partial charge on any atom is -0.383 e. The number of carbonyl (C=O) groups excluding carboxylic acids is 1. The number of amides is 1. The van der Waals surface area contributed by atoms with E-state index in [9.17, 15) is 4.79 Å². The summed E-state index contributed by atoms with van der Waals surface area (Å²) in [5.41, 5.74) is 0.939. The first-order chi connectivity index (χ1) is 11.7. The van der Waals surface area contributed by atoms with Crippen molar-refractivity contribution in [2.24, 2.45) is 5.41 Å². The van der Waals surface area contributed by atoms with Crippen LogP contribution in [-0.4, -0.2) is 60.7 Å². The lowest BCUT2D eigenvalue weighted by atomic mass is 9.78. The van der Waals surface area contributed by atoms with Gasteiger partial charge >= 0.3 is 0 Å². The van der Waals surface area contributed by atoms with E-state index in [1.165, 1.54) is 12.8 Å². The summed E-state index contributed by atoms with van der Waals surface area (Å²) < 4.78 is 5.15. The molecule has 3 fully saturated rings. The Kier molecular flexibility index (Phi) is 4.16. The number of piperidine rings is 1. The fraction of sp³-hybridized carbons (Fsp3) is 0.722. The number of hydrogen-bond acceptors (Lipinski definition) is 5. The van der Waals surface area contributed by atoms with Crippen LogP contribution in [0.2, 0.25) is 0 Å². The predicted molar refractivity (Wildman–Crippen MR) is 91.0 cm³/mol. The zero-order chi connectivity index (χ0) is 16.6. The topological polar surface area (TPSA) is 58.6 Å². The van der Waals surface area contributed by atoms with E-state index >= 15 is 0 Å². The first kappa shape index (κ1) is 15.8. The molecule has 24 heavy (non-hydrogen) atoms. The number of nitrogens with zero attached hydrogens (tertiary/aromatic N) is 4. The van der Waals surface area contributed by atoms with E-state index in [1.807, 2.05) is 4.90 Å². The van der Waals surface area contributed by atoms with Crippen molar-refractivity contribution in [1.82, 2.24) is 14.9 Å². The Labute approximate surface area is 143 Å². The van der Waals surface area contributed by atoms with Crippen molar-refractivity contribution >= 4 is 11.7 Å². The fourth-order valence-corrected chi connectivity index (χ4v) is 4.15. The second kappa shape index (κ2) is 6.31. The van der Waals surface area contributed by atoms with Crippen LogP contribution in [0.25, 0.3) is 0 Å². The molecule has 1 aromatic heterocycles. The number of likely N-dealkylation sites (tertiary alicyclic amines) is 1. The first-order valence-electron chi connectivity index (χ1n) is 9.07. The maximum Gasteiger partial charge on any atom is 0.230 e. The zero-order valence-electron chi connectivity index (χ0n) is 14.4. The average Bonchev–Trinajstić information content (AvgIpc) is 3.38. The fourth-order valence-electron chi connectivity index (χ4n) is 4.15. The lowest BCUT2D eigenvalue weighted by Crippen LogP contribution is -2.51. The molecule has 3 aliphatic rings. The van der Waals surface area contributed by atoms with Gasteiger partial charge < -0.3 is 14.5 Å². The van der Waals surface area contributed by atoms with Gasteiger partial charge in [-0.2, -0.15) is 0 Å². The normalized spacial score (nSPS) is 27.3. The van der Waals surface area contributed by atoms with Crippen LogP contribution in [0.15, 0.2) is 12.4 Å². The highest BCUT2D eigenvalue weighted by Gasteiger charge is 2.48. The minimum absolute atomic E-state index is 0.226.